The van der Waals surface area contributed by atoms with Gasteiger partial charge in [-0.15, -0.1) is 0 Å². The summed E-state index contributed by atoms with van der Waals surface area (Å²) in [5.74, 6) is 0.790. The van der Waals surface area contributed by atoms with Crippen molar-refractivity contribution in [3.63, 3.8) is 0 Å². The van der Waals surface area contributed by atoms with Gasteiger partial charge in [-0.25, -0.2) is 4.68 Å². The van der Waals surface area contributed by atoms with Crippen molar-refractivity contribution in [1.82, 2.24) is 19.6 Å². The van der Waals surface area contributed by atoms with Gasteiger partial charge in [-0.1, -0.05) is 62.2 Å². The summed E-state index contributed by atoms with van der Waals surface area (Å²) < 4.78 is 9.10. The fraction of sp³-hybridized carbons (Fsp3) is 0.269. The van der Waals surface area contributed by atoms with Gasteiger partial charge in [0.25, 0.3) is 5.91 Å². The molecule has 0 saturated carbocycles. The zero-order chi connectivity index (χ0) is 25.2. The molecule has 2 aromatic carbocycles. The lowest BCUT2D eigenvalue weighted by Crippen LogP contribution is -2.15. The highest BCUT2D eigenvalue weighted by Gasteiger charge is 2.15. The molecule has 4 aromatic rings. The molecule has 0 fully saturated rings. The van der Waals surface area contributed by atoms with Crippen molar-refractivity contribution in [1.29, 1.82) is 0 Å². The van der Waals surface area contributed by atoms with Crippen LogP contribution in [0.4, 0.5) is 5.82 Å². The number of rotatable bonds is 7. The first-order chi connectivity index (χ1) is 16.6. The third-order valence-corrected chi connectivity index (χ3v) is 6.26. The van der Waals surface area contributed by atoms with E-state index in [1.54, 1.807) is 45.9 Å². The van der Waals surface area contributed by atoms with Crippen molar-refractivity contribution >= 4 is 34.9 Å². The summed E-state index contributed by atoms with van der Waals surface area (Å²) >= 11 is 12.6. The summed E-state index contributed by atoms with van der Waals surface area (Å²) in [6, 6.07) is 16.8. The number of nitrogens with zero attached hydrogens (tertiary/aromatic N) is 4. The fourth-order valence-corrected chi connectivity index (χ4v) is 4.01. The average Bonchev–Trinajstić information content (AvgIpc) is 3.41. The number of carbonyl (C=O) groups is 1. The maximum Gasteiger partial charge on any atom is 0.277 e. The molecule has 4 rings (SSSR count). The Balaban J connectivity index is 1.36. The number of halogens is 2. The van der Waals surface area contributed by atoms with E-state index < -0.39 is 0 Å². The molecule has 0 unspecified atom stereocenters. The predicted octanol–water partition coefficient (Wildman–Crippen LogP) is 6.33. The Morgan fingerprint density at radius 2 is 1.71 bits per heavy atom. The van der Waals surface area contributed by atoms with Crippen molar-refractivity contribution in [2.75, 3.05) is 5.32 Å². The molecule has 1 N–H and O–H groups in total. The third-order valence-electron chi connectivity index (χ3n) is 5.55. The lowest BCUT2D eigenvalue weighted by molar-refractivity contribution is 0.101. The number of aryl methyl sites for hydroxylation is 1. The molecule has 2 aromatic heterocycles. The smallest absolute Gasteiger partial charge is 0.277 e. The summed E-state index contributed by atoms with van der Waals surface area (Å²) in [5, 5.41) is 12.7. The second-order valence-electron chi connectivity index (χ2n) is 9.27. The minimum absolute atomic E-state index is 0.0821. The molecule has 0 aliphatic rings. The third kappa shape index (κ3) is 6.05. The van der Waals surface area contributed by atoms with Crippen molar-refractivity contribution < 1.29 is 9.53 Å². The SMILES string of the molecule is Cc1cc(NC(=O)c2ccn(COc3ccc(C(C)(C)C)cc3)n2)nn1Cc1c(Cl)cccc1Cl. The van der Waals surface area contributed by atoms with Gasteiger partial charge in [0, 0.05) is 33.6 Å². The monoisotopic (exact) mass is 511 g/mol. The number of benzene rings is 2. The molecule has 7 nitrogen and oxygen atoms in total. The Morgan fingerprint density at radius 3 is 2.37 bits per heavy atom. The van der Waals surface area contributed by atoms with Gasteiger partial charge < -0.3 is 10.1 Å². The Kier molecular flexibility index (Phi) is 7.19. The summed E-state index contributed by atoms with van der Waals surface area (Å²) in [7, 11) is 0. The molecule has 0 radical (unpaired) electrons. The second-order valence-corrected chi connectivity index (χ2v) is 10.1. The number of hydrogen-bond acceptors (Lipinski definition) is 4. The first-order valence-electron chi connectivity index (χ1n) is 11.2. The molecule has 2 heterocycles. The van der Waals surface area contributed by atoms with Crippen LogP contribution in [0.3, 0.4) is 0 Å². The Labute approximate surface area is 214 Å². The van der Waals surface area contributed by atoms with E-state index in [0.717, 1.165) is 17.0 Å². The average molecular weight is 512 g/mol. The van der Waals surface area contributed by atoms with Crippen LogP contribution >= 0.6 is 23.2 Å². The molecular formula is C26H27Cl2N5O2. The van der Waals surface area contributed by atoms with Gasteiger partial charge in [0.15, 0.2) is 18.2 Å². The van der Waals surface area contributed by atoms with Crippen LogP contribution in [0.25, 0.3) is 0 Å². The summed E-state index contributed by atoms with van der Waals surface area (Å²) in [5.41, 5.74) is 3.20. The molecule has 0 atom stereocenters. The van der Waals surface area contributed by atoms with Crippen LogP contribution in [0.1, 0.15) is 48.1 Å². The van der Waals surface area contributed by atoms with Crippen molar-refractivity contribution in [2.24, 2.45) is 0 Å². The molecule has 0 saturated heterocycles. The largest absolute Gasteiger partial charge is 0.471 e. The number of nitrogens with one attached hydrogen (secondary N) is 1. The lowest BCUT2D eigenvalue weighted by Gasteiger charge is -2.19. The first kappa shape index (κ1) is 24.8. The zero-order valence-electron chi connectivity index (χ0n) is 20.0. The highest BCUT2D eigenvalue weighted by molar-refractivity contribution is 6.35. The second kappa shape index (κ2) is 10.1. The quantitative estimate of drug-likeness (QED) is 0.314. The van der Waals surface area contributed by atoms with Crippen molar-refractivity contribution in [3.8, 4) is 5.75 Å². The van der Waals surface area contributed by atoms with Crippen molar-refractivity contribution in [3.05, 3.63) is 93.4 Å². The van der Waals surface area contributed by atoms with Crippen LogP contribution in [0.15, 0.2) is 60.8 Å². The molecule has 9 heteroatoms. The highest BCUT2D eigenvalue weighted by Crippen LogP contribution is 2.26. The first-order valence-corrected chi connectivity index (χ1v) is 11.9. The predicted molar refractivity (Wildman–Crippen MR) is 138 cm³/mol. The van der Waals surface area contributed by atoms with E-state index >= 15 is 0 Å². The molecule has 0 aliphatic carbocycles. The van der Waals surface area contributed by atoms with Crippen LogP contribution < -0.4 is 10.1 Å². The minimum atomic E-state index is -0.362. The maximum absolute atomic E-state index is 12.7. The fourth-order valence-electron chi connectivity index (χ4n) is 3.49. The molecular weight excluding hydrogens is 485 g/mol. The topological polar surface area (TPSA) is 74.0 Å². The lowest BCUT2D eigenvalue weighted by atomic mass is 9.87. The van der Waals surface area contributed by atoms with Crippen LogP contribution in [0.5, 0.6) is 5.75 Å². The summed E-state index contributed by atoms with van der Waals surface area (Å²) in [6.07, 6.45) is 1.70. The maximum atomic E-state index is 12.7. The van der Waals surface area contributed by atoms with Gasteiger partial charge in [0.05, 0.1) is 6.54 Å². The van der Waals surface area contributed by atoms with Crippen LogP contribution in [0.2, 0.25) is 10.0 Å². The molecule has 35 heavy (non-hydrogen) atoms. The molecule has 0 spiro atoms. The molecule has 1 amide bonds. The molecule has 182 valence electrons. The van der Waals surface area contributed by atoms with Gasteiger partial charge >= 0.3 is 0 Å². The number of anilines is 1. The van der Waals surface area contributed by atoms with Gasteiger partial charge in [-0.3, -0.25) is 9.48 Å². The normalized spacial score (nSPS) is 11.5. The van der Waals surface area contributed by atoms with E-state index in [2.05, 4.69) is 48.4 Å². The van der Waals surface area contributed by atoms with Gasteiger partial charge in [0.2, 0.25) is 0 Å². The Hall–Kier alpha value is -3.29. The number of carbonyl (C=O) groups excluding carboxylic acids is 1. The standard InChI is InChI=1S/C26H27Cl2N5O2/c1-17-14-24(31-33(17)15-20-21(27)6-5-7-22(20)28)29-25(34)23-12-13-32(30-23)16-35-19-10-8-18(9-11-19)26(2,3)4/h5-14H,15-16H2,1-4H3,(H,29,31,34). The number of amides is 1. The van der Waals surface area contributed by atoms with Crippen LogP contribution in [0, 0.1) is 6.92 Å². The minimum Gasteiger partial charge on any atom is -0.471 e. The number of aromatic nitrogens is 4. The zero-order valence-corrected chi connectivity index (χ0v) is 21.6. The van der Waals surface area contributed by atoms with E-state index in [1.165, 1.54) is 5.56 Å². The Bertz CT molecular complexity index is 1320. The van der Waals surface area contributed by atoms with Crippen LogP contribution in [-0.2, 0) is 18.7 Å². The number of hydrogen-bond donors (Lipinski definition) is 1. The number of ether oxygens (including phenoxy) is 1. The van der Waals surface area contributed by atoms with E-state index in [1.807, 2.05) is 19.1 Å². The van der Waals surface area contributed by atoms with E-state index in [0.29, 0.717) is 22.4 Å². The highest BCUT2D eigenvalue weighted by atomic mass is 35.5. The summed E-state index contributed by atoms with van der Waals surface area (Å²) in [4.78, 5) is 12.7. The molecule has 0 aliphatic heterocycles. The van der Waals surface area contributed by atoms with E-state index in [4.69, 9.17) is 27.9 Å². The van der Waals surface area contributed by atoms with E-state index in [-0.39, 0.29) is 23.7 Å². The van der Waals surface area contributed by atoms with Crippen LogP contribution in [-0.4, -0.2) is 25.5 Å². The van der Waals surface area contributed by atoms with Crippen molar-refractivity contribution in [2.45, 2.75) is 46.4 Å². The summed E-state index contributed by atoms with van der Waals surface area (Å²) in [6.45, 7) is 8.98. The van der Waals surface area contributed by atoms with Gasteiger partial charge in [-0.05, 0) is 48.2 Å². The van der Waals surface area contributed by atoms with E-state index in [9.17, 15) is 4.79 Å². The molecule has 0 bridgehead atoms. The Morgan fingerprint density at radius 1 is 1.03 bits per heavy atom. The van der Waals surface area contributed by atoms with Gasteiger partial charge in [0.1, 0.15) is 5.75 Å². The van der Waals surface area contributed by atoms with Gasteiger partial charge in [-0.2, -0.15) is 10.2 Å².